The molecule has 0 saturated carbocycles. The molecule has 0 spiro atoms. The quantitative estimate of drug-likeness (QED) is 0.0779. The normalized spacial score (nSPS) is 10.8. The lowest BCUT2D eigenvalue weighted by Crippen LogP contribution is -2.15. The maximum Gasteiger partial charge on any atom is 0.120 e. The van der Waals surface area contributed by atoms with E-state index < -0.39 is 0 Å². The molecule has 0 radical (unpaired) electrons. The van der Waals surface area contributed by atoms with Crippen molar-refractivity contribution in [2.45, 2.75) is 0 Å². The Bertz CT molecular complexity index is 349. The molecule has 28 heavy (non-hydrogen) atoms. The molecule has 0 rings (SSSR count). The van der Waals surface area contributed by atoms with Crippen LogP contribution in [0.3, 0.4) is 0 Å². The van der Waals surface area contributed by atoms with Crippen LogP contribution in [0.1, 0.15) is 0 Å². The van der Waals surface area contributed by atoms with Gasteiger partial charge in [0, 0.05) is 11.5 Å². The predicted octanol–water partition coefficient (Wildman–Crippen LogP) is 0.303. The van der Waals surface area contributed by atoms with Gasteiger partial charge in [-0.25, -0.2) is 0 Å². The molecule has 0 aliphatic heterocycles. The molecule has 0 fully saturated rings. The van der Waals surface area contributed by atoms with Crippen LogP contribution in [0.5, 0.6) is 0 Å². The highest BCUT2D eigenvalue weighted by Gasteiger charge is 1.94. The number of ether oxygens (including phenoxy) is 7. The summed E-state index contributed by atoms with van der Waals surface area (Å²) in [5, 5.41) is 2.92. The van der Waals surface area contributed by atoms with Gasteiger partial charge in [-0.1, -0.05) is 0 Å². The first-order valence-corrected chi connectivity index (χ1v) is 9.32. The van der Waals surface area contributed by atoms with Crippen molar-refractivity contribution in [3.63, 3.8) is 0 Å². The molecule has 12 nitrogen and oxygen atoms in total. The Kier molecular flexibility index (Phi) is 24.7. The fourth-order valence-corrected chi connectivity index (χ4v) is 1.67. The molecule has 0 aliphatic carbocycles. The lowest BCUT2D eigenvalue weighted by molar-refractivity contribution is -0.0229. The topological polar surface area (TPSA) is 149 Å². The standard InChI is InChI=1S/C16H34N4O8/c17-1-2-21-3-4-22-5-6-23-7-8-24-9-10-25-11-12-26-13-14-27-15-16-28-20-19-18/h1-17H2. The highest BCUT2D eigenvalue weighted by molar-refractivity contribution is 4.38. The fourth-order valence-electron chi connectivity index (χ4n) is 1.67. The minimum absolute atomic E-state index is 0.219. The second kappa shape index (κ2) is 25.8. The van der Waals surface area contributed by atoms with Crippen LogP contribution >= 0.6 is 0 Å². The summed E-state index contributed by atoms with van der Waals surface area (Å²) in [6, 6.07) is 0. The van der Waals surface area contributed by atoms with Crippen molar-refractivity contribution in [2.75, 3.05) is 106 Å². The van der Waals surface area contributed by atoms with Crippen LogP contribution in [0.4, 0.5) is 0 Å². The zero-order chi connectivity index (χ0) is 20.4. The zero-order valence-corrected chi connectivity index (χ0v) is 16.5. The van der Waals surface area contributed by atoms with Gasteiger partial charge in [0.2, 0.25) is 0 Å². The fraction of sp³-hybridized carbons (Fsp3) is 1.00. The molecular weight excluding hydrogens is 376 g/mol. The molecule has 0 amide bonds. The maximum atomic E-state index is 7.98. The van der Waals surface area contributed by atoms with Crippen molar-refractivity contribution < 1.29 is 38.0 Å². The Balaban J connectivity index is 2.98. The van der Waals surface area contributed by atoms with Gasteiger partial charge in [0.05, 0.1) is 92.5 Å². The van der Waals surface area contributed by atoms with Crippen molar-refractivity contribution in [3.05, 3.63) is 10.4 Å². The number of azide groups is 1. The maximum absolute atomic E-state index is 7.98. The first-order chi connectivity index (χ1) is 13.9. The third-order valence-corrected chi connectivity index (χ3v) is 2.91. The second-order valence-corrected chi connectivity index (χ2v) is 5.08. The van der Waals surface area contributed by atoms with Gasteiger partial charge in [-0.2, -0.15) is 0 Å². The van der Waals surface area contributed by atoms with Crippen molar-refractivity contribution >= 4 is 0 Å². The van der Waals surface area contributed by atoms with Crippen molar-refractivity contribution in [1.29, 1.82) is 0 Å². The molecule has 12 heteroatoms. The number of nitrogens with two attached hydrogens (primary N) is 1. The van der Waals surface area contributed by atoms with Crippen LogP contribution in [0.25, 0.3) is 10.4 Å². The van der Waals surface area contributed by atoms with E-state index in [1.165, 1.54) is 0 Å². The summed E-state index contributed by atoms with van der Waals surface area (Å²) in [4.78, 5) is 6.96. The van der Waals surface area contributed by atoms with Gasteiger partial charge in [-0.3, -0.25) is 0 Å². The Labute approximate surface area is 166 Å². The van der Waals surface area contributed by atoms with Gasteiger partial charge >= 0.3 is 0 Å². The Morgan fingerprint density at radius 1 is 0.500 bits per heavy atom. The Morgan fingerprint density at radius 2 is 0.786 bits per heavy atom. The number of hydrogen-bond acceptors (Lipinski definition) is 10. The van der Waals surface area contributed by atoms with E-state index in [-0.39, 0.29) is 6.61 Å². The van der Waals surface area contributed by atoms with E-state index in [1.807, 2.05) is 0 Å². The number of nitrogens with zero attached hydrogens (tertiary/aromatic N) is 3. The second-order valence-electron chi connectivity index (χ2n) is 5.08. The summed E-state index contributed by atoms with van der Waals surface area (Å²) in [5.74, 6) is 0. The first kappa shape index (κ1) is 26.8. The minimum atomic E-state index is 0.219. The van der Waals surface area contributed by atoms with E-state index >= 15 is 0 Å². The van der Waals surface area contributed by atoms with Crippen LogP contribution in [0, 0.1) is 0 Å². The summed E-state index contributed by atoms with van der Waals surface area (Å²) in [6.45, 7) is 7.72. The molecule has 166 valence electrons. The third kappa shape index (κ3) is 24.8. The summed E-state index contributed by atoms with van der Waals surface area (Å²) in [6.07, 6.45) is 0. The zero-order valence-electron chi connectivity index (χ0n) is 16.5. The van der Waals surface area contributed by atoms with Crippen molar-refractivity contribution in [2.24, 2.45) is 11.0 Å². The van der Waals surface area contributed by atoms with E-state index in [2.05, 4.69) is 15.0 Å². The van der Waals surface area contributed by atoms with E-state index in [0.29, 0.717) is 99.0 Å². The minimum Gasteiger partial charge on any atom is -0.431 e. The number of hydrogen-bond donors (Lipinski definition) is 1. The van der Waals surface area contributed by atoms with Gasteiger partial charge in [0.1, 0.15) is 11.9 Å². The summed E-state index contributed by atoms with van der Waals surface area (Å²) in [7, 11) is 0. The van der Waals surface area contributed by atoms with Crippen molar-refractivity contribution in [3.8, 4) is 0 Å². The summed E-state index contributed by atoms with van der Waals surface area (Å²) >= 11 is 0. The highest BCUT2D eigenvalue weighted by Crippen LogP contribution is 1.85. The van der Waals surface area contributed by atoms with E-state index in [9.17, 15) is 0 Å². The largest absolute Gasteiger partial charge is 0.431 e. The molecule has 0 aliphatic rings. The third-order valence-electron chi connectivity index (χ3n) is 2.91. The van der Waals surface area contributed by atoms with Crippen LogP contribution in [-0.4, -0.2) is 106 Å². The van der Waals surface area contributed by atoms with E-state index in [1.54, 1.807) is 0 Å². The van der Waals surface area contributed by atoms with Gasteiger partial charge in [0.25, 0.3) is 0 Å². The van der Waals surface area contributed by atoms with Gasteiger partial charge in [-0.15, -0.1) is 0 Å². The summed E-state index contributed by atoms with van der Waals surface area (Å²) in [5.41, 5.74) is 13.3. The van der Waals surface area contributed by atoms with Gasteiger partial charge in [-0.05, 0) is 5.53 Å². The molecule has 0 atom stereocenters. The highest BCUT2D eigenvalue weighted by atomic mass is 16.7. The average Bonchev–Trinajstić information content (AvgIpc) is 2.71. The molecule has 0 saturated heterocycles. The molecule has 0 aromatic heterocycles. The van der Waals surface area contributed by atoms with E-state index in [4.69, 9.17) is 44.4 Å². The number of rotatable bonds is 24. The Hall–Kier alpha value is -1.21. The van der Waals surface area contributed by atoms with Crippen molar-refractivity contribution in [1.82, 2.24) is 0 Å². The van der Waals surface area contributed by atoms with E-state index in [0.717, 1.165) is 0 Å². The lowest BCUT2D eigenvalue weighted by Gasteiger charge is -2.08. The first-order valence-electron chi connectivity index (χ1n) is 9.32. The molecule has 0 aromatic carbocycles. The molecular formula is C16H34N4O8. The van der Waals surface area contributed by atoms with Crippen LogP contribution in [0.2, 0.25) is 0 Å². The van der Waals surface area contributed by atoms with Gasteiger partial charge in [0.15, 0.2) is 0 Å². The lowest BCUT2D eigenvalue weighted by atomic mass is 10.6. The molecule has 2 N–H and O–H groups in total. The summed E-state index contributed by atoms with van der Waals surface area (Å²) < 4.78 is 37.1. The predicted molar refractivity (Wildman–Crippen MR) is 99.9 cm³/mol. The smallest absolute Gasteiger partial charge is 0.120 e. The monoisotopic (exact) mass is 410 g/mol. The molecule has 0 bridgehead atoms. The van der Waals surface area contributed by atoms with Crippen LogP contribution < -0.4 is 5.73 Å². The van der Waals surface area contributed by atoms with Crippen LogP contribution in [-0.2, 0) is 38.0 Å². The molecule has 0 unspecified atom stereocenters. The van der Waals surface area contributed by atoms with Crippen LogP contribution in [0.15, 0.2) is 5.28 Å². The SMILES string of the molecule is [N-]=[N+]=NOCCOCCOCCOCCOCCOCCOCCOCCN. The average molecular weight is 410 g/mol. The van der Waals surface area contributed by atoms with Gasteiger partial charge < -0.3 is 43.7 Å². The molecule has 0 aromatic rings. The molecule has 0 heterocycles. The Morgan fingerprint density at radius 3 is 1.07 bits per heavy atom.